The largest absolute Gasteiger partial charge is 0.387 e. The smallest absolute Gasteiger partial charge is 0.0450 e. The zero-order valence-corrected chi connectivity index (χ0v) is 7.15. The monoisotopic (exact) mass is 148 g/mol. The Morgan fingerprint density at radius 3 is 3.00 bits per heavy atom. The van der Waals surface area contributed by atoms with Crippen LogP contribution in [0.4, 0.5) is 5.69 Å². The third-order valence-corrected chi connectivity index (χ3v) is 1.71. The minimum atomic E-state index is 1.13. The number of nitrogens with one attached hydrogen (secondary N) is 1. The second kappa shape index (κ2) is 4.02. The van der Waals surface area contributed by atoms with E-state index < -0.39 is 0 Å². The quantitative estimate of drug-likeness (QED) is 0.694. The van der Waals surface area contributed by atoms with E-state index in [4.69, 9.17) is 0 Å². The molecule has 1 N–H and O–H groups in total. The van der Waals surface area contributed by atoms with Crippen molar-refractivity contribution in [1.29, 1.82) is 0 Å². The molecule has 0 heterocycles. The molecule has 59 valence electrons. The molecule has 0 amide bonds. The second-order valence-corrected chi connectivity index (χ2v) is 2.57. The lowest BCUT2D eigenvalue weighted by Crippen LogP contribution is -1.94. The van der Waals surface area contributed by atoms with Crippen molar-refractivity contribution in [3.8, 4) is 0 Å². The van der Waals surface area contributed by atoms with Crippen LogP contribution in [-0.2, 0) is 6.42 Å². The van der Waals surface area contributed by atoms with Crippen LogP contribution >= 0.6 is 0 Å². The first-order valence-corrected chi connectivity index (χ1v) is 4.05. The van der Waals surface area contributed by atoms with E-state index >= 15 is 0 Å². The molecule has 0 spiro atoms. The summed E-state index contributed by atoms with van der Waals surface area (Å²) in [5.74, 6) is 0. The number of hydrogen-bond donors (Lipinski definition) is 1. The third-order valence-electron chi connectivity index (χ3n) is 1.71. The summed E-state index contributed by atoms with van der Waals surface area (Å²) in [5.41, 5.74) is 2.49. The highest BCUT2D eigenvalue weighted by molar-refractivity contribution is 5.49. The maximum absolute atomic E-state index is 3.16. The van der Waals surface area contributed by atoms with Gasteiger partial charge in [0.1, 0.15) is 0 Å². The van der Waals surface area contributed by atoms with Gasteiger partial charge in [0.15, 0.2) is 0 Å². The number of para-hydroxylation sites is 1. The fourth-order valence-corrected chi connectivity index (χ4v) is 1.18. The van der Waals surface area contributed by atoms with Gasteiger partial charge in [-0.1, -0.05) is 31.5 Å². The molecule has 0 aromatic heterocycles. The Hall–Kier alpha value is -0.980. The minimum Gasteiger partial charge on any atom is -0.387 e. The first-order valence-electron chi connectivity index (χ1n) is 4.05. The molecule has 11 heavy (non-hydrogen) atoms. The molecule has 0 bridgehead atoms. The van der Waals surface area contributed by atoms with Gasteiger partial charge in [-0.25, -0.2) is 0 Å². The molecular weight excluding hydrogens is 134 g/mol. The molecule has 0 unspecified atom stereocenters. The number of anilines is 1. The van der Waals surface area contributed by atoms with Crippen molar-refractivity contribution in [3.05, 3.63) is 29.8 Å². The minimum absolute atomic E-state index is 1.13. The van der Waals surface area contributed by atoms with Crippen LogP contribution in [0.1, 0.15) is 18.9 Å². The average Bonchev–Trinajstić information content (AvgIpc) is 2.06. The average molecular weight is 148 g/mol. The maximum atomic E-state index is 3.16. The Morgan fingerprint density at radius 1 is 1.55 bits per heavy atom. The van der Waals surface area contributed by atoms with Gasteiger partial charge >= 0.3 is 0 Å². The van der Waals surface area contributed by atoms with Crippen LogP contribution in [0.15, 0.2) is 18.2 Å². The van der Waals surface area contributed by atoms with E-state index in [9.17, 15) is 0 Å². The summed E-state index contributed by atoms with van der Waals surface area (Å²) in [4.78, 5) is 0. The summed E-state index contributed by atoms with van der Waals surface area (Å²) in [6.45, 7) is 2.19. The van der Waals surface area contributed by atoms with Crippen molar-refractivity contribution in [1.82, 2.24) is 0 Å². The highest BCUT2D eigenvalue weighted by Crippen LogP contribution is 2.14. The summed E-state index contributed by atoms with van der Waals surface area (Å²) >= 11 is 0. The van der Waals surface area contributed by atoms with Gasteiger partial charge in [0.25, 0.3) is 0 Å². The van der Waals surface area contributed by atoms with Gasteiger partial charge < -0.3 is 5.32 Å². The fourth-order valence-electron chi connectivity index (χ4n) is 1.18. The summed E-state index contributed by atoms with van der Waals surface area (Å²) in [7, 11) is 1.94. The van der Waals surface area contributed by atoms with Crippen LogP contribution < -0.4 is 5.32 Å². The predicted octanol–water partition coefficient (Wildman–Crippen LogP) is 2.48. The van der Waals surface area contributed by atoms with Crippen molar-refractivity contribution in [2.45, 2.75) is 19.8 Å². The lowest BCUT2D eigenvalue weighted by Gasteiger charge is -2.05. The van der Waals surface area contributed by atoms with E-state index in [1.807, 2.05) is 19.2 Å². The number of rotatable bonds is 3. The van der Waals surface area contributed by atoms with Crippen LogP contribution in [-0.4, -0.2) is 7.05 Å². The number of hydrogen-bond acceptors (Lipinski definition) is 1. The summed E-state index contributed by atoms with van der Waals surface area (Å²) in [6.07, 6.45) is 2.32. The van der Waals surface area contributed by atoms with E-state index in [0.717, 1.165) is 12.1 Å². The highest BCUT2D eigenvalue weighted by atomic mass is 14.8. The van der Waals surface area contributed by atoms with E-state index in [1.165, 1.54) is 12.0 Å². The fraction of sp³-hybridized carbons (Fsp3) is 0.400. The first-order chi connectivity index (χ1) is 5.38. The van der Waals surface area contributed by atoms with Crippen LogP contribution in [0, 0.1) is 6.07 Å². The lowest BCUT2D eigenvalue weighted by molar-refractivity contribution is 0.922. The molecule has 1 heteroatoms. The van der Waals surface area contributed by atoms with Gasteiger partial charge in [0.05, 0.1) is 0 Å². The van der Waals surface area contributed by atoms with Crippen molar-refractivity contribution in [2.24, 2.45) is 0 Å². The standard InChI is InChI=1S/C10H14N/c1-3-6-9-7-4-5-8-10(9)11-2/h4-5,7,11H,3,6H2,1-2H3. The van der Waals surface area contributed by atoms with Crippen LogP contribution in [0.5, 0.6) is 0 Å². The molecule has 1 nitrogen and oxygen atoms in total. The molecule has 0 fully saturated rings. The first kappa shape index (κ1) is 8.12. The molecule has 0 saturated heterocycles. The van der Waals surface area contributed by atoms with E-state index in [0.29, 0.717) is 0 Å². The SMILES string of the molecule is CCCc1ccc[c]c1NC. The molecule has 0 atom stereocenters. The van der Waals surface area contributed by atoms with Crippen LogP contribution in [0.2, 0.25) is 0 Å². The Morgan fingerprint density at radius 2 is 2.36 bits per heavy atom. The Kier molecular flexibility index (Phi) is 2.96. The molecular formula is C10H14N. The summed E-state index contributed by atoms with van der Waals surface area (Å²) < 4.78 is 0. The molecule has 0 aliphatic rings. The molecule has 1 radical (unpaired) electrons. The zero-order valence-electron chi connectivity index (χ0n) is 7.15. The zero-order chi connectivity index (χ0) is 8.10. The van der Waals surface area contributed by atoms with Gasteiger partial charge in [-0.15, -0.1) is 0 Å². The van der Waals surface area contributed by atoms with Crippen molar-refractivity contribution in [2.75, 3.05) is 12.4 Å². The maximum Gasteiger partial charge on any atom is 0.0450 e. The van der Waals surface area contributed by atoms with Crippen LogP contribution in [0.25, 0.3) is 0 Å². The Bertz CT molecular complexity index is 218. The molecule has 1 rings (SSSR count). The van der Waals surface area contributed by atoms with Gasteiger partial charge in [-0.05, 0) is 12.0 Å². The number of aryl methyl sites for hydroxylation is 1. The Labute approximate surface area is 68.4 Å². The predicted molar refractivity (Wildman–Crippen MR) is 48.8 cm³/mol. The molecule has 0 saturated carbocycles. The van der Waals surface area contributed by atoms with Gasteiger partial charge in [0, 0.05) is 18.8 Å². The van der Waals surface area contributed by atoms with Crippen molar-refractivity contribution < 1.29 is 0 Å². The van der Waals surface area contributed by atoms with Crippen molar-refractivity contribution in [3.63, 3.8) is 0 Å². The molecule has 1 aromatic carbocycles. The summed E-state index contributed by atoms with van der Waals surface area (Å²) in [5, 5.41) is 3.12. The van der Waals surface area contributed by atoms with Crippen LogP contribution in [0.3, 0.4) is 0 Å². The van der Waals surface area contributed by atoms with E-state index in [2.05, 4.69) is 24.4 Å². The van der Waals surface area contributed by atoms with Gasteiger partial charge in [-0.3, -0.25) is 0 Å². The van der Waals surface area contributed by atoms with Gasteiger partial charge in [-0.2, -0.15) is 0 Å². The molecule has 1 aromatic rings. The lowest BCUT2D eigenvalue weighted by atomic mass is 10.1. The Balaban J connectivity index is 2.83. The molecule has 0 aliphatic heterocycles. The number of benzene rings is 1. The third kappa shape index (κ3) is 1.97. The van der Waals surface area contributed by atoms with Gasteiger partial charge in [0.2, 0.25) is 0 Å². The molecule has 0 aliphatic carbocycles. The second-order valence-electron chi connectivity index (χ2n) is 2.57. The highest BCUT2D eigenvalue weighted by Gasteiger charge is 1.96. The van der Waals surface area contributed by atoms with E-state index in [-0.39, 0.29) is 0 Å². The topological polar surface area (TPSA) is 12.0 Å². The normalized spacial score (nSPS) is 9.64. The van der Waals surface area contributed by atoms with Crippen molar-refractivity contribution >= 4 is 5.69 Å². The van der Waals surface area contributed by atoms with E-state index in [1.54, 1.807) is 0 Å². The summed E-state index contributed by atoms with van der Waals surface area (Å²) in [6, 6.07) is 9.27.